The normalized spacial score (nSPS) is 10.3. The molecule has 0 fully saturated rings. The lowest BCUT2D eigenvalue weighted by atomic mass is 10.3. The van der Waals surface area contributed by atoms with E-state index in [2.05, 4.69) is 15.3 Å². The SMILES string of the molecule is COCc1nc(N)cc(Nc2ccc(OC)c(F)c2)n1. The molecule has 2 aromatic rings. The van der Waals surface area contributed by atoms with E-state index in [9.17, 15) is 4.39 Å². The number of hydrogen-bond donors (Lipinski definition) is 2. The fourth-order valence-electron chi connectivity index (χ4n) is 1.67. The molecule has 0 spiro atoms. The Hall–Kier alpha value is -2.41. The molecule has 1 aromatic carbocycles. The molecule has 20 heavy (non-hydrogen) atoms. The Morgan fingerprint density at radius 2 is 2.05 bits per heavy atom. The largest absolute Gasteiger partial charge is 0.494 e. The predicted octanol–water partition coefficient (Wildman–Crippen LogP) is 2.10. The first-order valence-electron chi connectivity index (χ1n) is 5.85. The molecule has 0 amide bonds. The van der Waals surface area contributed by atoms with E-state index in [0.29, 0.717) is 23.1 Å². The van der Waals surface area contributed by atoms with Crippen molar-refractivity contribution in [3.05, 3.63) is 35.9 Å². The van der Waals surface area contributed by atoms with Crippen molar-refractivity contribution in [2.45, 2.75) is 6.61 Å². The Labute approximate surface area is 115 Å². The number of nitrogen functional groups attached to an aromatic ring is 1. The van der Waals surface area contributed by atoms with Gasteiger partial charge in [0.1, 0.15) is 18.2 Å². The number of rotatable bonds is 5. The number of nitrogens with one attached hydrogen (secondary N) is 1. The van der Waals surface area contributed by atoms with Gasteiger partial charge in [0.15, 0.2) is 17.4 Å². The number of halogens is 1. The van der Waals surface area contributed by atoms with E-state index < -0.39 is 5.82 Å². The van der Waals surface area contributed by atoms with E-state index in [0.717, 1.165) is 0 Å². The van der Waals surface area contributed by atoms with Crippen LogP contribution in [0.1, 0.15) is 5.82 Å². The Kier molecular flexibility index (Phi) is 4.31. The van der Waals surface area contributed by atoms with Crippen molar-refractivity contribution in [1.29, 1.82) is 0 Å². The smallest absolute Gasteiger partial charge is 0.167 e. The van der Waals surface area contributed by atoms with Gasteiger partial charge in [-0.3, -0.25) is 0 Å². The lowest BCUT2D eigenvalue weighted by molar-refractivity contribution is 0.178. The quantitative estimate of drug-likeness (QED) is 0.871. The van der Waals surface area contributed by atoms with E-state index >= 15 is 0 Å². The van der Waals surface area contributed by atoms with Crippen LogP contribution in [-0.4, -0.2) is 24.2 Å². The second kappa shape index (κ2) is 6.16. The van der Waals surface area contributed by atoms with Crippen LogP contribution in [0, 0.1) is 5.82 Å². The average Bonchev–Trinajstić information content (AvgIpc) is 2.38. The summed E-state index contributed by atoms with van der Waals surface area (Å²) in [7, 11) is 2.95. The molecule has 1 heterocycles. The summed E-state index contributed by atoms with van der Waals surface area (Å²) in [5.41, 5.74) is 6.21. The molecule has 0 aliphatic carbocycles. The number of nitrogens with two attached hydrogens (primary N) is 1. The summed E-state index contributed by atoms with van der Waals surface area (Å²) in [5, 5.41) is 2.95. The molecule has 0 aliphatic heterocycles. The van der Waals surface area contributed by atoms with Crippen LogP contribution >= 0.6 is 0 Å². The second-order valence-electron chi connectivity index (χ2n) is 4.00. The molecule has 6 nitrogen and oxygen atoms in total. The van der Waals surface area contributed by atoms with Crippen LogP contribution in [0.15, 0.2) is 24.3 Å². The minimum atomic E-state index is -0.461. The van der Waals surface area contributed by atoms with E-state index in [-0.39, 0.29) is 12.4 Å². The molecular weight excluding hydrogens is 263 g/mol. The van der Waals surface area contributed by atoms with Crippen LogP contribution in [0.3, 0.4) is 0 Å². The van der Waals surface area contributed by atoms with Crippen molar-refractivity contribution >= 4 is 17.3 Å². The topological polar surface area (TPSA) is 82.3 Å². The van der Waals surface area contributed by atoms with Crippen LogP contribution < -0.4 is 15.8 Å². The maximum absolute atomic E-state index is 13.6. The third kappa shape index (κ3) is 3.33. The van der Waals surface area contributed by atoms with Gasteiger partial charge in [-0.15, -0.1) is 0 Å². The number of nitrogens with zero attached hydrogens (tertiary/aromatic N) is 2. The number of anilines is 3. The molecule has 106 valence electrons. The summed E-state index contributed by atoms with van der Waals surface area (Å²) in [6.07, 6.45) is 0. The van der Waals surface area contributed by atoms with Gasteiger partial charge < -0.3 is 20.5 Å². The summed E-state index contributed by atoms with van der Waals surface area (Å²) in [5.74, 6) is 0.941. The number of benzene rings is 1. The lowest BCUT2D eigenvalue weighted by Crippen LogP contribution is -2.04. The molecule has 0 saturated heterocycles. The molecule has 0 aliphatic rings. The zero-order valence-corrected chi connectivity index (χ0v) is 11.2. The highest BCUT2D eigenvalue weighted by Gasteiger charge is 2.06. The second-order valence-corrected chi connectivity index (χ2v) is 4.00. The number of ether oxygens (including phenoxy) is 2. The third-order valence-electron chi connectivity index (χ3n) is 2.49. The zero-order chi connectivity index (χ0) is 14.5. The first-order valence-corrected chi connectivity index (χ1v) is 5.85. The molecule has 7 heteroatoms. The van der Waals surface area contributed by atoms with Crippen LogP contribution in [0.4, 0.5) is 21.7 Å². The van der Waals surface area contributed by atoms with Gasteiger partial charge in [0, 0.05) is 24.9 Å². The Morgan fingerprint density at radius 3 is 2.70 bits per heavy atom. The van der Waals surface area contributed by atoms with Crippen molar-refractivity contribution in [3.8, 4) is 5.75 Å². The average molecular weight is 278 g/mol. The van der Waals surface area contributed by atoms with Gasteiger partial charge in [0.05, 0.1) is 7.11 Å². The van der Waals surface area contributed by atoms with Crippen LogP contribution in [0.25, 0.3) is 0 Å². The van der Waals surface area contributed by atoms with Gasteiger partial charge in [-0.05, 0) is 12.1 Å². The summed E-state index contributed by atoms with van der Waals surface area (Å²) in [6, 6.07) is 6.07. The summed E-state index contributed by atoms with van der Waals surface area (Å²) in [4.78, 5) is 8.23. The minimum Gasteiger partial charge on any atom is -0.494 e. The van der Waals surface area contributed by atoms with Gasteiger partial charge in [0.2, 0.25) is 0 Å². The zero-order valence-electron chi connectivity index (χ0n) is 11.2. The highest BCUT2D eigenvalue weighted by molar-refractivity contribution is 5.59. The van der Waals surface area contributed by atoms with Gasteiger partial charge in [0.25, 0.3) is 0 Å². The maximum atomic E-state index is 13.6. The highest BCUT2D eigenvalue weighted by atomic mass is 19.1. The fraction of sp³-hybridized carbons (Fsp3) is 0.231. The monoisotopic (exact) mass is 278 g/mol. The maximum Gasteiger partial charge on any atom is 0.167 e. The molecule has 0 saturated carbocycles. The van der Waals surface area contributed by atoms with Crippen LogP contribution in [-0.2, 0) is 11.3 Å². The molecule has 3 N–H and O–H groups in total. The molecule has 0 unspecified atom stereocenters. The van der Waals surface area contributed by atoms with Crippen molar-refractivity contribution in [1.82, 2.24) is 9.97 Å². The summed E-state index contributed by atoms with van der Waals surface area (Å²) in [6.45, 7) is 0.247. The lowest BCUT2D eigenvalue weighted by Gasteiger charge is -2.09. The molecule has 2 rings (SSSR count). The van der Waals surface area contributed by atoms with Gasteiger partial charge in [-0.1, -0.05) is 0 Å². The first-order chi connectivity index (χ1) is 9.62. The predicted molar refractivity (Wildman–Crippen MR) is 73.4 cm³/mol. The molecule has 0 bridgehead atoms. The molecule has 0 atom stereocenters. The number of hydrogen-bond acceptors (Lipinski definition) is 6. The van der Waals surface area contributed by atoms with Crippen molar-refractivity contribution in [2.75, 3.05) is 25.3 Å². The number of methoxy groups -OCH3 is 2. The fourth-order valence-corrected chi connectivity index (χ4v) is 1.67. The van der Waals surface area contributed by atoms with E-state index in [1.165, 1.54) is 19.2 Å². The number of aromatic nitrogens is 2. The van der Waals surface area contributed by atoms with Crippen LogP contribution in [0.5, 0.6) is 5.75 Å². The van der Waals surface area contributed by atoms with E-state index in [4.69, 9.17) is 15.2 Å². The van der Waals surface area contributed by atoms with Crippen LogP contribution in [0.2, 0.25) is 0 Å². The van der Waals surface area contributed by atoms with Crippen molar-refractivity contribution in [3.63, 3.8) is 0 Å². The van der Waals surface area contributed by atoms with E-state index in [1.807, 2.05) is 0 Å². The Bertz CT molecular complexity index is 607. The van der Waals surface area contributed by atoms with Crippen molar-refractivity contribution < 1.29 is 13.9 Å². The third-order valence-corrected chi connectivity index (χ3v) is 2.49. The first kappa shape index (κ1) is 14.0. The Balaban J connectivity index is 2.23. The molecular formula is C13H15FN4O2. The van der Waals surface area contributed by atoms with Gasteiger partial charge in [-0.2, -0.15) is 0 Å². The van der Waals surface area contributed by atoms with E-state index in [1.54, 1.807) is 19.2 Å². The summed E-state index contributed by atoms with van der Waals surface area (Å²) >= 11 is 0. The van der Waals surface area contributed by atoms with Gasteiger partial charge in [-0.25, -0.2) is 14.4 Å². The standard InChI is InChI=1S/C13H15FN4O2/c1-19-7-13-17-11(15)6-12(18-13)16-8-3-4-10(20-2)9(14)5-8/h3-6H,7H2,1-2H3,(H3,15,16,17,18). The molecule has 1 aromatic heterocycles. The van der Waals surface area contributed by atoms with Crippen molar-refractivity contribution in [2.24, 2.45) is 0 Å². The highest BCUT2D eigenvalue weighted by Crippen LogP contribution is 2.23. The Morgan fingerprint density at radius 1 is 1.25 bits per heavy atom. The van der Waals surface area contributed by atoms with Gasteiger partial charge >= 0.3 is 0 Å². The molecule has 0 radical (unpaired) electrons. The minimum absolute atomic E-state index is 0.179. The summed E-state index contributed by atoms with van der Waals surface area (Å²) < 4.78 is 23.4.